The van der Waals surface area contributed by atoms with E-state index in [-0.39, 0.29) is 37.6 Å². The number of aliphatic hydroxyl groups excluding tert-OH is 1. The third-order valence-corrected chi connectivity index (χ3v) is 7.88. The average molecular weight is 589 g/mol. The number of nitrogens with one attached hydrogen (secondary N) is 1. The SMILES string of the molecule is O=C(O)CCCC(=O)NCc1cccc(-c2cccc([C@@H]3O[C@H](CN4CCOCC4)C[C@H](c4ccc(CO)cc4)O3)c2)c1. The van der Waals surface area contributed by atoms with E-state index in [9.17, 15) is 14.7 Å². The summed E-state index contributed by atoms with van der Waals surface area (Å²) in [6.07, 6.45) is 0.509. The molecule has 0 bridgehead atoms. The van der Waals surface area contributed by atoms with Crippen molar-refractivity contribution in [1.29, 1.82) is 0 Å². The van der Waals surface area contributed by atoms with Crippen molar-refractivity contribution in [2.75, 3.05) is 32.8 Å². The quantitative estimate of drug-likeness (QED) is 0.281. The van der Waals surface area contributed by atoms with Crippen LogP contribution in [0.2, 0.25) is 0 Å². The van der Waals surface area contributed by atoms with Gasteiger partial charge >= 0.3 is 5.97 Å². The number of carbonyl (C=O) groups excluding carboxylic acids is 1. The van der Waals surface area contributed by atoms with E-state index in [1.165, 1.54) is 0 Å². The number of hydrogen-bond donors (Lipinski definition) is 3. The summed E-state index contributed by atoms with van der Waals surface area (Å²) in [4.78, 5) is 25.2. The third kappa shape index (κ3) is 8.95. The van der Waals surface area contributed by atoms with Crippen LogP contribution >= 0.6 is 0 Å². The highest BCUT2D eigenvalue weighted by molar-refractivity contribution is 5.76. The van der Waals surface area contributed by atoms with Gasteiger partial charge in [0.2, 0.25) is 5.91 Å². The molecule has 0 aliphatic carbocycles. The van der Waals surface area contributed by atoms with Crippen molar-refractivity contribution in [1.82, 2.24) is 10.2 Å². The van der Waals surface area contributed by atoms with Crippen LogP contribution in [0.5, 0.6) is 0 Å². The van der Waals surface area contributed by atoms with Gasteiger partial charge in [0.25, 0.3) is 0 Å². The van der Waals surface area contributed by atoms with Crippen LogP contribution in [-0.2, 0) is 37.0 Å². The highest BCUT2D eigenvalue weighted by atomic mass is 16.7. The van der Waals surface area contributed by atoms with Crippen molar-refractivity contribution in [3.63, 3.8) is 0 Å². The van der Waals surface area contributed by atoms with Gasteiger partial charge in [0, 0.05) is 51.0 Å². The lowest BCUT2D eigenvalue weighted by atomic mass is 9.98. The van der Waals surface area contributed by atoms with E-state index in [0.717, 1.165) is 72.6 Å². The van der Waals surface area contributed by atoms with E-state index in [1.807, 2.05) is 66.7 Å². The number of aliphatic carboxylic acids is 1. The molecule has 3 aromatic carbocycles. The number of carboxylic acid groups (broad SMARTS) is 1. The Labute approximate surface area is 252 Å². The molecule has 0 unspecified atom stereocenters. The molecule has 2 fully saturated rings. The summed E-state index contributed by atoms with van der Waals surface area (Å²) >= 11 is 0. The minimum absolute atomic E-state index is 0.00432. The van der Waals surface area contributed by atoms with Gasteiger partial charge in [-0.2, -0.15) is 0 Å². The monoisotopic (exact) mass is 588 g/mol. The summed E-state index contributed by atoms with van der Waals surface area (Å²) in [7, 11) is 0. The van der Waals surface area contributed by atoms with E-state index < -0.39 is 12.3 Å². The predicted octanol–water partition coefficient (Wildman–Crippen LogP) is 4.59. The number of amides is 1. The van der Waals surface area contributed by atoms with Gasteiger partial charge < -0.3 is 29.7 Å². The number of nitrogens with zero attached hydrogens (tertiary/aromatic N) is 1. The molecule has 5 rings (SSSR count). The normalized spacial score (nSPS) is 20.9. The number of carbonyl (C=O) groups is 2. The Balaban J connectivity index is 1.30. The molecule has 3 atom stereocenters. The maximum absolute atomic E-state index is 12.1. The lowest BCUT2D eigenvalue weighted by Crippen LogP contribution is -2.44. The molecule has 0 spiro atoms. The van der Waals surface area contributed by atoms with Gasteiger partial charge in [0.15, 0.2) is 6.29 Å². The predicted molar refractivity (Wildman–Crippen MR) is 161 cm³/mol. The summed E-state index contributed by atoms with van der Waals surface area (Å²) in [6.45, 7) is 4.41. The summed E-state index contributed by atoms with van der Waals surface area (Å²) in [5.74, 6) is -1.06. The Morgan fingerprint density at radius 3 is 2.35 bits per heavy atom. The van der Waals surface area contributed by atoms with E-state index >= 15 is 0 Å². The maximum atomic E-state index is 12.1. The fourth-order valence-corrected chi connectivity index (χ4v) is 5.52. The van der Waals surface area contributed by atoms with Gasteiger partial charge in [-0.3, -0.25) is 14.5 Å². The maximum Gasteiger partial charge on any atom is 0.303 e. The second kappa shape index (κ2) is 15.2. The van der Waals surface area contributed by atoms with Crippen LogP contribution in [-0.4, -0.2) is 65.9 Å². The number of carboxylic acids is 1. The highest BCUT2D eigenvalue weighted by Crippen LogP contribution is 2.39. The molecule has 2 aliphatic rings. The van der Waals surface area contributed by atoms with Gasteiger partial charge in [-0.15, -0.1) is 0 Å². The van der Waals surface area contributed by atoms with Crippen LogP contribution in [0.15, 0.2) is 72.8 Å². The number of benzene rings is 3. The molecule has 9 heteroatoms. The van der Waals surface area contributed by atoms with Crippen molar-refractivity contribution < 1.29 is 34.0 Å². The van der Waals surface area contributed by atoms with Gasteiger partial charge in [-0.1, -0.05) is 60.7 Å². The van der Waals surface area contributed by atoms with Gasteiger partial charge in [0.05, 0.1) is 32.0 Å². The summed E-state index contributed by atoms with van der Waals surface area (Å²) < 4.78 is 18.7. The van der Waals surface area contributed by atoms with Crippen molar-refractivity contribution in [2.45, 2.75) is 57.3 Å². The number of rotatable bonds is 12. The van der Waals surface area contributed by atoms with Crippen LogP contribution in [0.4, 0.5) is 0 Å². The first-order valence-electron chi connectivity index (χ1n) is 15.0. The zero-order valence-electron chi connectivity index (χ0n) is 24.3. The Bertz CT molecular complexity index is 1360. The molecule has 1 amide bonds. The number of morpholine rings is 1. The number of ether oxygens (including phenoxy) is 3. The standard InChI is InChI=1S/C34H40N2O7/c37-23-24-10-12-26(13-11-24)31-20-30(22-36-14-16-41-17-15-36)42-34(43-31)29-7-2-6-28(19-29)27-5-1-4-25(18-27)21-35-32(38)8-3-9-33(39)40/h1-2,4-7,10-13,18-19,30-31,34,37H,3,8-9,14-17,20-23H2,(H,35,38)(H,39,40)/t30-,31+,34+/m0/s1. The number of aliphatic hydroxyl groups is 1. The van der Waals surface area contributed by atoms with Crippen molar-refractivity contribution >= 4 is 11.9 Å². The molecule has 2 saturated heterocycles. The summed E-state index contributed by atoms with van der Waals surface area (Å²) in [5, 5.41) is 21.1. The van der Waals surface area contributed by atoms with Gasteiger partial charge in [-0.25, -0.2) is 0 Å². The smallest absolute Gasteiger partial charge is 0.303 e. The minimum Gasteiger partial charge on any atom is -0.481 e. The summed E-state index contributed by atoms with van der Waals surface area (Å²) in [6, 6.07) is 24.1. The van der Waals surface area contributed by atoms with Crippen LogP contribution in [0.25, 0.3) is 11.1 Å². The largest absolute Gasteiger partial charge is 0.481 e. The van der Waals surface area contributed by atoms with E-state index in [1.54, 1.807) is 0 Å². The first-order valence-corrected chi connectivity index (χ1v) is 15.0. The first-order chi connectivity index (χ1) is 21.0. The highest BCUT2D eigenvalue weighted by Gasteiger charge is 2.33. The molecule has 3 aromatic rings. The zero-order valence-corrected chi connectivity index (χ0v) is 24.3. The molecule has 2 aliphatic heterocycles. The lowest BCUT2D eigenvalue weighted by Gasteiger charge is -2.39. The molecule has 0 aromatic heterocycles. The Morgan fingerprint density at radius 1 is 0.860 bits per heavy atom. The molecule has 0 saturated carbocycles. The molecule has 228 valence electrons. The zero-order chi connectivity index (χ0) is 30.0. The molecular weight excluding hydrogens is 548 g/mol. The van der Waals surface area contributed by atoms with E-state index in [4.69, 9.17) is 19.3 Å². The summed E-state index contributed by atoms with van der Waals surface area (Å²) in [5.41, 5.74) is 5.83. The van der Waals surface area contributed by atoms with Crippen LogP contribution in [0.3, 0.4) is 0 Å². The topological polar surface area (TPSA) is 118 Å². The molecule has 2 heterocycles. The van der Waals surface area contributed by atoms with Crippen molar-refractivity contribution in [3.8, 4) is 11.1 Å². The minimum atomic E-state index is -0.897. The second-order valence-corrected chi connectivity index (χ2v) is 11.1. The van der Waals surface area contributed by atoms with Crippen molar-refractivity contribution in [3.05, 3.63) is 95.1 Å². The molecule has 9 nitrogen and oxygen atoms in total. The van der Waals surface area contributed by atoms with E-state index in [2.05, 4.69) is 16.3 Å². The molecule has 0 radical (unpaired) electrons. The second-order valence-electron chi connectivity index (χ2n) is 11.1. The third-order valence-electron chi connectivity index (χ3n) is 7.88. The van der Waals surface area contributed by atoms with E-state index in [0.29, 0.717) is 13.0 Å². The Hall–Kier alpha value is -3.60. The van der Waals surface area contributed by atoms with Crippen molar-refractivity contribution in [2.24, 2.45) is 0 Å². The lowest BCUT2D eigenvalue weighted by molar-refractivity contribution is -0.253. The number of hydrogen-bond acceptors (Lipinski definition) is 7. The van der Waals surface area contributed by atoms with Crippen LogP contribution in [0.1, 0.15) is 60.3 Å². The fraction of sp³-hybridized carbons (Fsp3) is 0.412. The fourth-order valence-electron chi connectivity index (χ4n) is 5.52. The van der Waals surface area contributed by atoms with Crippen LogP contribution in [0, 0.1) is 0 Å². The molecular formula is C34H40N2O7. The van der Waals surface area contributed by atoms with Crippen LogP contribution < -0.4 is 5.32 Å². The molecule has 3 N–H and O–H groups in total. The first kappa shape index (κ1) is 30.8. The molecule has 43 heavy (non-hydrogen) atoms. The van der Waals surface area contributed by atoms with Gasteiger partial charge in [0.1, 0.15) is 0 Å². The average Bonchev–Trinajstić information content (AvgIpc) is 3.04. The Morgan fingerprint density at radius 2 is 1.60 bits per heavy atom. The Kier molecular flexibility index (Phi) is 10.9. The van der Waals surface area contributed by atoms with Gasteiger partial charge in [-0.05, 0) is 46.4 Å².